The molecule has 0 atom stereocenters. The van der Waals surface area contributed by atoms with E-state index in [0.717, 1.165) is 12.1 Å². The minimum atomic E-state index is -0.815. The number of hydrogen-bond donors (Lipinski definition) is 2. The van der Waals surface area contributed by atoms with Crippen LogP contribution in [0.3, 0.4) is 0 Å². The third-order valence-corrected chi connectivity index (χ3v) is 1.98. The predicted octanol–water partition coefficient (Wildman–Crippen LogP) is 0.478. The van der Waals surface area contributed by atoms with Gasteiger partial charge in [-0.2, -0.15) is 0 Å². The summed E-state index contributed by atoms with van der Waals surface area (Å²) in [6.45, 7) is 3.93. The average Bonchev–Trinajstić information content (AvgIpc) is 2.18. The highest BCUT2D eigenvalue weighted by Crippen LogP contribution is 1.97. The lowest BCUT2D eigenvalue weighted by molar-refractivity contribution is -0.125. The Morgan fingerprint density at radius 2 is 2.27 bits per heavy atom. The van der Waals surface area contributed by atoms with Crippen LogP contribution in [0.15, 0.2) is 24.4 Å². The second-order valence-corrected chi connectivity index (χ2v) is 4.05. The topological polar surface area (TPSA) is 68.0 Å². The standard InChI is InChI=1S/C11H17N3O/c1-11(2,12)10(15)14-8-6-9-5-3-4-7-13-9/h3-5,7H,6,8,12H2,1-2H3,(H,14,15). The van der Waals surface area contributed by atoms with Gasteiger partial charge in [-0.05, 0) is 26.0 Å². The van der Waals surface area contributed by atoms with Crippen LogP contribution >= 0.6 is 0 Å². The van der Waals surface area contributed by atoms with Crippen LogP contribution in [-0.4, -0.2) is 23.0 Å². The summed E-state index contributed by atoms with van der Waals surface area (Å²) in [5.74, 6) is -0.140. The van der Waals surface area contributed by atoms with Crippen molar-refractivity contribution in [3.05, 3.63) is 30.1 Å². The summed E-state index contributed by atoms with van der Waals surface area (Å²) < 4.78 is 0. The fraction of sp³-hybridized carbons (Fsp3) is 0.455. The molecule has 0 saturated carbocycles. The second-order valence-electron chi connectivity index (χ2n) is 4.05. The van der Waals surface area contributed by atoms with Crippen molar-refractivity contribution in [3.63, 3.8) is 0 Å². The van der Waals surface area contributed by atoms with Crippen molar-refractivity contribution in [3.8, 4) is 0 Å². The van der Waals surface area contributed by atoms with Crippen LogP contribution in [0.1, 0.15) is 19.5 Å². The largest absolute Gasteiger partial charge is 0.354 e. The first-order valence-corrected chi connectivity index (χ1v) is 4.97. The lowest BCUT2D eigenvalue weighted by Crippen LogP contribution is -2.49. The Morgan fingerprint density at radius 1 is 1.53 bits per heavy atom. The molecule has 1 amide bonds. The van der Waals surface area contributed by atoms with E-state index in [1.54, 1.807) is 20.0 Å². The smallest absolute Gasteiger partial charge is 0.239 e. The third kappa shape index (κ3) is 4.08. The number of amides is 1. The van der Waals surface area contributed by atoms with E-state index < -0.39 is 5.54 Å². The maximum atomic E-state index is 11.4. The molecule has 3 N–H and O–H groups in total. The van der Waals surface area contributed by atoms with Gasteiger partial charge in [0.05, 0.1) is 5.54 Å². The molecule has 1 heterocycles. The zero-order valence-electron chi connectivity index (χ0n) is 9.16. The molecule has 4 heteroatoms. The monoisotopic (exact) mass is 207 g/mol. The van der Waals surface area contributed by atoms with Crippen LogP contribution in [0.2, 0.25) is 0 Å². The van der Waals surface area contributed by atoms with Gasteiger partial charge < -0.3 is 11.1 Å². The van der Waals surface area contributed by atoms with E-state index in [9.17, 15) is 4.79 Å². The van der Waals surface area contributed by atoms with Gasteiger partial charge in [0.15, 0.2) is 0 Å². The Labute approximate surface area is 89.9 Å². The highest BCUT2D eigenvalue weighted by atomic mass is 16.2. The fourth-order valence-corrected chi connectivity index (χ4v) is 1.08. The number of rotatable bonds is 4. The molecule has 1 aromatic heterocycles. The number of pyridine rings is 1. The van der Waals surface area contributed by atoms with Crippen molar-refractivity contribution in [1.82, 2.24) is 10.3 Å². The van der Waals surface area contributed by atoms with Crippen LogP contribution in [0.4, 0.5) is 0 Å². The van der Waals surface area contributed by atoms with Crippen LogP contribution in [0.5, 0.6) is 0 Å². The lowest BCUT2D eigenvalue weighted by atomic mass is 10.1. The minimum absolute atomic E-state index is 0.140. The number of nitrogens with zero attached hydrogens (tertiary/aromatic N) is 1. The summed E-state index contributed by atoms with van der Waals surface area (Å²) in [5.41, 5.74) is 5.78. The highest BCUT2D eigenvalue weighted by Gasteiger charge is 2.20. The molecule has 0 aliphatic carbocycles. The van der Waals surface area contributed by atoms with E-state index in [2.05, 4.69) is 10.3 Å². The number of aromatic nitrogens is 1. The van der Waals surface area contributed by atoms with Gasteiger partial charge in [0.1, 0.15) is 0 Å². The number of carbonyl (C=O) groups excluding carboxylic acids is 1. The summed E-state index contributed by atoms with van der Waals surface area (Å²) in [6, 6.07) is 5.72. The van der Waals surface area contributed by atoms with Gasteiger partial charge in [0.2, 0.25) is 5.91 Å². The fourth-order valence-electron chi connectivity index (χ4n) is 1.08. The van der Waals surface area contributed by atoms with E-state index in [-0.39, 0.29) is 5.91 Å². The summed E-state index contributed by atoms with van der Waals surface area (Å²) in [6.07, 6.45) is 2.46. The van der Waals surface area contributed by atoms with Crippen molar-refractivity contribution in [2.45, 2.75) is 25.8 Å². The molecule has 0 saturated heterocycles. The highest BCUT2D eigenvalue weighted by molar-refractivity contribution is 5.84. The van der Waals surface area contributed by atoms with E-state index in [1.165, 1.54) is 0 Å². The van der Waals surface area contributed by atoms with Crippen molar-refractivity contribution in [1.29, 1.82) is 0 Å². The molecule has 1 rings (SSSR count). The van der Waals surface area contributed by atoms with E-state index in [4.69, 9.17) is 5.73 Å². The Bertz CT molecular complexity index is 316. The average molecular weight is 207 g/mol. The molecule has 0 aromatic carbocycles. The summed E-state index contributed by atoms with van der Waals surface area (Å²) in [4.78, 5) is 15.6. The number of hydrogen-bond acceptors (Lipinski definition) is 3. The van der Waals surface area contributed by atoms with Gasteiger partial charge in [0, 0.05) is 24.9 Å². The molecule has 15 heavy (non-hydrogen) atoms. The minimum Gasteiger partial charge on any atom is -0.354 e. The Kier molecular flexibility index (Phi) is 3.80. The van der Waals surface area contributed by atoms with Crippen molar-refractivity contribution in [2.75, 3.05) is 6.54 Å². The molecule has 0 fully saturated rings. The first kappa shape index (κ1) is 11.7. The van der Waals surface area contributed by atoms with Gasteiger partial charge in [-0.3, -0.25) is 9.78 Å². The first-order chi connectivity index (χ1) is 7.00. The number of nitrogens with one attached hydrogen (secondary N) is 1. The molecule has 0 aliphatic rings. The van der Waals surface area contributed by atoms with E-state index in [0.29, 0.717) is 6.54 Å². The van der Waals surface area contributed by atoms with Crippen molar-refractivity contribution >= 4 is 5.91 Å². The predicted molar refractivity (Wildman–Crippen MR) is 59.2 cm³/mol. The van der Waals surface area contributed by atoms with Crippen LogP contribution in [-0.2, 0) is 11.2 Å². The SMILES string of the molecule is CC(C)(N)C(=O)NCCc1ccccn1. The Balaban J connectivity index is 2.32. The number of carbonyl (C=O) groups is 1. The van der Waals surface area contributed by atoms with Gasteiger partial charge in [-0.25, -0.2) is 0 Å². The summed E-state index contributed by atoms with van der Waals surface area (Å²) in [7, 11) is 0. The first-order valence-electron chi connectivity index (χ1n) is 4.97. The van der Waals surface area contributed by atoms with Gasteiger partial charge in [-0.1, -0.05) is 6.07 Å². The van der Waals surface area contributed by atoms with Crippen LogP contribution in [0, 0.1) is 0 Å². The normalized spacial score (nSPS) is 11.1. The van der Waals surface area contributed by atoms with Crippen molar-refractivity contribution in [2.24, 2.45) is 5.73 Å². The molecule has 0 radical (unpaired) electrons. The van der Waals surface area contributed by atoms with Crippen LogP contribution in [0.25, 0.3) is 0 Å². The van der Waals surface area contributed by atoms with E-state index >= 15 is 0 Å². The molecule has 0 unspecified atom stereocenters. The Hall–Kier alpha value is -1.42. The molecule has 1 aromatic rings. The zero-order chi connectivity index (χ0) is 11.3. The quantitative estimate of drug-likeness (QED) is 0.754. The molecule has 0 aliphatic heterocycles. The summed E-state index contributed by atoms with van der Waals surface area (Å²) >= 11 is 0. The molecule has 0 bridgehead atoms. The molecule has 0 spiro atoms. The number of nitrogens with two attached hydrogens (primary N) is 1. The second kappa shape index (κ2) is 4.89. The van der Waals surface area contributed by atoms with Gasteiger partial charge in [0.25, 0.3) is 0 Å². The zero-order valence-corrected chi connectivity index (χ0v) is 9.16. The van der Waals surface area contributed by atoms with Gasteiger partial charge >= 0.3 is 0 Å². The lowest BCUT2D eigenvalue weighted by Gasteiger charge is -2.17. The molecular weight excluding hydrogens is 190 g/mol. The van der Waals surface area contributed by atoms with Crippen molar-refractivity contribution < 1.29 is 4.79 Å². The molecule has 4 nitrogen and oxygen atoms in total. The van der Waals surface area contributed by atoms with Gasteiger partial charge in [-0.15, -0.1) is 0 Å². The Morgan fingerprint density at radius 3 is 2.80 bits per heavy atom. The maximum absolute atomic E-state index is 11.4. The maximum Gasteiger partial charge on any atom is 0.239 e. The summed E-state index contributed by atoms with van der Waals surface area (Å²) in [5, 5.41) is 2.77. The van der Waals surface area contributed by atoms with Crippen LogP contribution < -0.4 is 11.1 Å². The van der Waals surface area contributed by atoms with E-state index in [1.807, 2.05) is 18.2 Å². The molecular formula is C11H17N3O. The third-order valence-electron chi connectivity index (χ3n) is 1.98. The molecule has 82 valence electrons.